The second-order valence-electron chi connectivity index (χ2n) is 4.41. The van der Waals surface area contributed by atoms with E-state index in [0.717, 1.165) is 15.9 Å². The molecular weight excluding hydrogens is 306 g/mol. The molecular formula is C14H16BrN3O. The summed E-state index contributed by atoms with van der Waals surface area (Å²) in [6.45, 7) is 4.00. The highest BCUT2D eigenvalue weighted by Gasteiger charge is 2.03. The number of nitrogens with one attached hydrogen (secondary N) is 1. The predicted octanol–water partition coefficient (Wildman–Crippen LogP) is 3.96. The van der Waals surface area contributed by atoms with Gasteiger partial charge in [-0.05, 0) is 60.1 Å². The third kappa shape index (κ3) is 3.86. The number of nitrogens with zero attached hydrogens (tertiary/aromatic N) is 1. The van der Waals surface area contributed by atoms with E-state index in [0.29, 0.717) is 11.5 Å². The van der Waals surface area contributed by atoms with Crippen molar-refractivity contribution in [1.29, 1.82) is 0 Å². The van der Waals surface area contributed by atoms with Crippen LogP contribution in [0.25, 0.3) is 0 Å². The van der Waals surface area contributed by atoms with E-state index >= 15 is 0 Å². The highest BCUT2D eigenvalue weighted by molar-refractivity contribution is 9.10. The Morgan fingerprint density at radius 1 is 1.26 bits per heavy atom. The van der Waals surface area contributed by atoms with Gasteiger partial charge in [0.05, 0.1) is 11.8 Å². The molecule has 0 unspecified atom stereocenters. The molecule has 0 amide bonds. The van der Waals surface area contributed by atoms with Gasteiger partial charge in [-0.3, -0.25) is 0 Å². The van der Waals surface area contributed by atoms with Gasteiger partial charge in [0.2, 0.25) is 0 Å². The largest absolute Gasteiger partial charge is 0.491 e. The number of nitrogen functional groups attached to an aromatic ring is 1. The zero-order chi connectivity index (χ0) is 13.8. The Kier molecular flexibility index (Phi) is 4.27. The Hall–Kier alpha value is -1.75. The zero-order valence-electron chi connectivity index (χ0n) is 10.9. The van der Waals surface area contributed by atoms with Crippen LogP contribution in [0.15, 0.2) is 41.0 Å². The number of halogens is 1. The van der Waals surface area contributed by atoms with Crippen LogP contribution in [0.1, 0.15) is 13.8 Å². The van der Waals surface area contributed by atoms with Crippen LogP contribution in [0, 0.1) is 0 Å². The highest BCUT2D eigenvalue weighted by Crippen LogP contribution is 2.25. The van der Waals surface area contributed by atoms with Crippen molar-refractivity contribution < 1.29 is 4.74 Å². The molecule has 1 heterocycles. The average molecular weight is 322 g/mol. The van der Waals surface area contributed by atoms with E-state index in [2.05, 4.69) is 26.2 Å². The third-order valence-corrected chi connectivity index (χ3v) is 2.81. The monoisotopic (exact) mass is 321 g/mol. The molecule has 0 saturated carbocycles. The number of nitrogens with two attached hydrogens (primary N) is 1. The lowest BCUT2D eigenvalue weighted by molar-refractivity contribution is 0.242. The second-order valence-corrected chi connectivity index (χ2v) is 5.32. The Morgan fingerprint density at radius 2 is 1.95 bits per heavy atom. The zero-order valence-corrected chi connectivity index (χ0v) is 12.4. The number of rotatable bonds is 4. The van der Waals surface area contributed by atoms with Crippen molar-refractivity contribution >= 4 is 33.1 Å². The van der Waals surface area contributed by atoms with E-state index in [1.54, 1.807) is 6.20 Å². The molecule has 0 fully saturated rings. The Bertz CT molecular complexity index is 555. The number of aromatic nitrogens is 1. The molecule has 3 N–H and O–H groups in total. The summed E-state index contributed by atoms with van der Waals surface area (Å²) in [7, 11) is 0. The predicted molar refractivity (Wildman–Crippen MR) is 81.8 cm³/mol. The van der Waals surface area contributed by atoms with Gasteiger partial charge in [0.1, 0.15) is 5.75 Å². The van der Waals surface area contributed by atoms with E-state index in [1.165, 1.54) is 0 Å². The van der Waals surface area contributed by atoms with Crippen molar-refractivity contribution in [3.63, 3.8) is 0 Å². The normalized spacial score (nSPS) is 10.5. The summed E-state index contributed by atoms with van der Waals surface area (Å²) in [6.07, 6.45) is 1.87. The number of benzene rings is 1. The van der Waals surface area contributed by atoms with Crippen LogP contribution in [0.3, 0.4) is 0 Å². The van der Waals surface area contributed by atoms with Gasteiger partial charge >= 0.3 is 0 Å². The quantitative estimate of drug-likeness (QED) is 0.894. The molecule has 1 aromatic heterocycles. The molecule has 100 valence electrons. The van der Waals surface area contributed by atoms with Crippen molar-refractivity contribution in [2.45, 2.75) is 20.0 Å². The number of anilines is 3. The maximum absolute atomic E-state index is 5.89. The molecule has 0 aliphatic heterocycles. The van der Waals surface area contributed by atoms with Crippen molar-refractivity contribution in [3.05, 3.63) is 41.0 Å². The molecule has 0 spiro atoms. The van der Waals surface area contributed by atoms with Crippen molar-refractivity contribution in [1.82, 2.24) is 4.98 Å². The summed E-state index contributed by atoms with van der Waals surface area (Å²) in [4.78, 5) is 4.23. The molecule has 2 aromatic rings. The van der Waals surface area contributed by atoms with Gasteiger partial charge in [0.15, 0.2) is 5.82 Å². The van der Waals surface area contributed by atoms with E-state index in [9.17, 15) is 0 Å². The molecule has 0 bridgehead atoms. The molecule has 0 saturated heterocycles. The SMILES string of the molecule is CC(C)Oc1ccc(Nc2ncc(Br)cc2N)cc1. The van der Waals surface area contributed by atoms with Crippen molar-refractivity contribution in [3.8, 4) is 5.75 Å². The van der Waals surface area contributed by atoms with Crippen LogP contribution in [0.5, 0.6) is 5.75 Å². The first-order valence-electron chi connectivity index (χ1n) is 5.99. The molecule has 0 aliphatic carbocycles. The summed E-state index contributed by atoms with van der Waals surface area (Å²) < 4.78 is 6.44. The fraction of sp³-hybridized carbons (Fsp3) is 0.214. The van der Waals surface area contributed by atoms with Crippen molar-refractivity contribution in [2.75, 3.05) is 11.1 Å². The molecule has 19 heavy (non-hydrogen) atoms. The Morgan fingerprint density at radius 3 is 2.53 bits per heavy atom. The van der Waals surface area contributed by atoms with Crippen LogP contribution < -0.4 is 15.8 Å². The number of ether oxygens (including phenoxy) is 1. The van der Waals surface area contributed by atoms with E-state index in [-0.39, 0.29) is 6.10 Å². The van der Waals surface area contributed by atoms with Crippen LogP contribution in [0.2, 0.25) is 0 Å². The first kappa shape index (κ1) is 13.7. The molecule has 4 nitrogen and oxygen atoms in total. The summed E-state index contributed by atoms with van der Waals surface area (Å²) in [5, 5.41) is 3.17. The van der Waals surface area contributed by atoms with Crippen LogP contribution in [0.4, 0.5) is 17.2 Å². The smallest absolute Gasteiger partial charge is 0.153 e. The first-order valence-corrected chi connectivity index (χ1v) is 6.78. The lowest BCUT2D eigenvalue weighted by Crippen LogP contribution is -2.05. The van der Waals surface area contributed by atoms with E-state index in [4.69, 9.17) is 10.5 Å². The van der Waals surface area contributed by atoms with Gasteiger partial charge in [-0.25, -0.2) is 4.98 Å². The Balaban J connectivity index is 2.10. The minimum absolute atomic E-state index is 0.169. The molecule has 0 atom stereocenters. The minimum Gasteiger partial charge on any atom is -0.491 e. The minimum atomic E-state index is 0.169. The maximum Gasteiger partial charge on any atom is 0.153 e. The van der Waals surface area contributed by atoms with Crippen LogP contribution in [-0.2, 0) is 0 Å². The van der Waals surface area contributed by atoms with Crippen molar-refractivity contribution in [2.24, 2.45) is 0 Å². The lowest BCUT2D eigenvalue weighted by Gasteiger charge is -2.11. The highest BCUT2D eigenvalue weighted by atomic mass is 79.9. The maximum atomic E-state index is 5.89. The third-order valence-electron chi connectivity index (χ3n) is 2.37. The van der Waals surface area contributed by atoms with Gasteiger partial charge < -0.3 is 15.8 Å². The standard InChI is InChI=1S/C14H16BrN3O/c1-9(2)19-12-5-3-11(4-6-12)18-14-13(16)7-10(15)8-17-14/h3-9H,16H2,1-2H3,(H,17,18). The average Bonchev–Trinajstić information content (AvgIpc) is 2.34. The van der Waals surface area contributed by atoms with E-state index in [1.807, 2.05) is 44.2 Å². The van der Waals surface area contributed by atoms with E-state index < -0.39 is 0 Å². The summed E-state index contributed by atoms with van der Waals surface area (Å²) in [5.41, 5.74) is 7.39. The lowest BCUT2D eigenvalue weighted by atomic mass is 10.3. The number of hydrogen-bond acceptors (Lipinski definition) is 4. The molecule has 1 aromatic carbocycles. The molecule has 2 rings (SSSR count). The molecule has 5 heteroatoms. The van der Waals surface area contributed by atoms with Gasteiger partial charge in [-0.15, -0.1) is 0 Å². The number of pyridine rings is 1. The first-order chi connectivity index (χ1) is 9.04. The Labute approximate surface area is 121 Å². The fourth-order valence-electron chi connectivity index (χ4n) is 1.59. The summed E-state index contributed by atoms with van der Waals surface area (Å²) in [6, 6.07) is 9.50. The van der Waals surface area contributed by atoms with Gasteiger partial charge in [0.25, 0.3) is 0 Å². The summed E-state index contributed by atoms with van der Waals surface area (Å²) in [5.74, 6) is 1.48. The topological polar surface area (TPSA) is 60.2 Å². The molecule has 0 radical (unpaired) electrons. The molecule has 0 aliphatic rings. The summed E-state index contributed by atoms with van der Waals surface area (Å²) >= 11 is 3.33. The van der Waals surface area contributed by atoms with Crippen LogP contribution >= 0.6 is 15.9 Å². The number of hydrogen-bond donors (Lipinski definition) is 2. The fourth-order valence-corrected chi connectivity index (χ4v) is 1.93. The van der Waals surface area contributed by atoms with Gasteiger partial charge in [-0.2, -0.15) is 0 Å². The van der Waals surface area contributed by atoms with Gasteiger partial charge in [0, 0.05) is 16.4 Å². The second kappa shape index (κ2) is 5.93. The van der Waals surface area contributed by atoms with Crippen LogP contribution in [-0.4, -0.2) is 11.1 Å². The van der Waals surface area contributed by atoms with Gasteiger partial charge in [-0.1, -0.05) is 0 Å².